The van der Waals surface area contributed by atoms with Crippen LogP contribution in [-0.4, -0.2) is 0 Å². The number of aryl methyl sites for hydroxylation is 3. The standard InChI is InChI=1S/C19H29N/c1-5-8-11-16-14-17(12-9-6-2)19(20-4)18(15-16)13-10-7-3/h14-15H,5-13H2,1-3H3. The Morgan fingerprint density at radius 1 is 0.800 bits per heavy atom. The van der Waals surface area contributed by atoms with Gasteiger partial charge in [0.25, 0.3) is 0 Å². The molecule has 0 amide bonds. The minimum atomic E-state index is 0.951. The van der Waals surface area contributed by atoms with Crippen LogP contribution in [0.15, 0.2) is 12.1 Å². The van der Waals surface area contributed by atoms with E-state index in [-0.39, 0.29) is 0 Å². The summed E-state index contributed by atoms with van der Waals surface area (Å²) in [4.78, 5) is 3.85. The Kier molecular flexibility index (Phi) is 8.04. The van der Waals surface area contributed by atoms with Gasteiger partial charge in [0.2, 0.25) is 0 Å². The maximum Gasteiger partial charge on any atom is 0.193 e. The second-order valence-electron chi connectivity index (χ2n) is 5.69. The zero-order valence-electron chi connectivity index (χ0n) is 13.5. The highest BCUT2D eigenvalue weighted by atomic mass is 14.7. The number of hydrogen-bond donors (Lipinski definition) is 0. The van der Waals surface area contributed by atoms with Gasteiger partial charge in [0, 0.05) is 0 Å². The Bertz CT molecular complexity index is 411. The van der Waals surface area contributed by atoms with Gasteiger partial charge in [-0.25, -0.2) is 4.85 Å². The van der Waals surface area contributed by atoms with Gasteiger partial charge in [-0.15, -0.1) is 0 Å². The Labute approximate surface area is 125 Å². The predicted molar refractivity (Wildman–Crippen MR) is 88.5 cm³/mol. The third-order valence-electron chi connectivity index (χ3n) is 3.86. The Morgan fingerprint density at radius 3 is 1.65 bits per heavy atom. The number of nitrogens with zero attached hydrogens (tertiary/aromatic N) is 1. The molecule has 1 rings (SSSR count). The van der Waals surface area contributed by atoms with Crippen LogP contribution in [0.25, 0.3) is 4.85 Å². The third kappa shape index (κ3) is 5.00. The van der Waals surface area contributed by atoms with Crippen LogP contribution in [0.5, 0.6) is 0 Å². The fraction of sp³-hybridized carbons (Fsp3) is 0.632. The maximum absolute atomic E-state index is 7.53. The largest absolute Gasteiger partial charge is 0.238 e. The van der Waals surface area contributed by atoms with Crippen molar-refractivity contribution in [3.8, 4) is 0 Å². The van der Waals surface area contributed by atoms with Crippen LogP contribution in [-0.2, 0) is 19.3 Å². The van der Waals surface area contributed by atoms with E-state index in [0.29, 0.717) is 0 Å². The molecule has 1 aromatic rings. The molecule has 1 nitrogen and oxygen atoms in total. The van der Waals surface area contributed by atoms with E-state index in [2.05, 4.69) is 37.7 Å². The van der Waals surface area contributed by atoms with Crippen molar-refractivity contribution in [2.24, 2.45) is 0 Å². The summed E-state index contributed by atoms with van der Waals surface area (Å²) >= 11 is 0. The SMILES string of the molecule is [C-]#[N+]c1c(CCCC)cc(CCCC)cc1CCCC. The number of benzene rings is 1. The van der Waals surface area contributed by atoms with E-state index in [1.54, 1.807) is 0 Å². The quantitative estimate of drug-likeness (QED) is 0.466. The Balaban J connectivity index is 3.06. The molecule has 0 atom stereocenters. The summed E-state index contributed by atoms with van der Waals surface area (Å²) < 4.78 is 0. The predicted octanol–water partition coefficient (Wildman–Crippen LogP) is 6.27. The van der Waals surface area contributed by atoms with Gasteiger partial charge >= 0.3 is 0 Å². The smallest absolute Gasteiger partial charge is 0.193 e. The molecule has 0 spiro atoms. The van der Waals surface area contributed by atoms with Gasteiger partial charge in [0.15, 0.2) is 5.69 Å². The molecular formula is C19H29N. The van der Waals surface area contributed by atoms with Crippen molar-refractivity contribution in [3.05, 3.63) is 40.2 Å². The molecule has 0 bridgehead atoms. The van der Waals surface area contributed by atoms with E-state index in [0.717, 1.165) is 24.9 Å². The van der Waals surface area contributed by atoms with Crippen LogP contribution >= 0.6 is 0 Å². The first-order valence-corrected chi connectivity index (χ1v) is 8.28. The molecule has 0 aliphatic rings. The zero-order valence-corrected chi connectivity index (χ0v) is 13.5. The number of unbranched alkanes of at least 4 members (excludes halogenated alkanes) is 3. The minimum absolute atomic E-state index is 0.951. The van der Waals surface area contributed by atoms with Crippen molar-refractivity contribution in [1.82, 2.24) is 0 Å². The normalized spacial score (nSPS) is 10.5. The molecule has 0 unspecified atom stereocenters. The van der Waals surface area contributed by atoms with Crippen molar-refractivity contribution < 1.29 is 0 Å². The lowest BCUT2D eigenvalue weighted by molar-refractivity contribution is 0.769. The molecule has 20 heavy (non-hydrogen) atoms. The van der Waals surface area contributed by atoms with Crippen LogP contribution in [0.4, 0.5) is 5.69 Å². The van der Waals surface area contributed by atoms with Gasteiger partial charge in [0.1, 0.15) is 0 Å². The van der Waals surface area contributed by atoms with Gasteiger partial charge in [0.05, 0.1) is 6.57 Å². The second-order valence-corrected chi connectivity index (χ2v) is 5.69. The lowest BCUT2D eigenvalue weighted by Crippen LogP contribution is -1.96. The molecule has 0 aliphatic heterocycles. The van der Waals surface area contributed by atoms with Crippen molar-refractivity contribution in [2.45, 2.75) is 78.6 Å². The van der Waals surface area contributed by atoms with Gasteiger partial charge in [-0.05, 0) is 42.4 Å². The molecule has 0 aliphatic carbocycles. The molecule has 0 fully saturated rings. The molecular weight excluding hydrogens is 242 g/mol. The van der Waals surface area contributed by atoms with E-state index >= 15 is 0 Å². The average molecular weight is 271 g/mol. The van der Waals surface area contributed by atoms with Crippen molar-refractivity contribution in [2.75, 3.05) is 0 Å². The highest BCUT2D eigenvalue weighted by molar-refractivity contribution is 5.60. The molecule has 110 valence electrons. The van der Waals surface area contributed by atoms with E-state index in [1.165, 1.54) is 55.2 Å². The first-order valence-electron chi connectivity index (χ1n) is 8.28. The van der Waals surface area contributed by atoms with Gasteiger partial charge < -0.3 is 0 Å². The summed E-state index contributed by atoms with van der Waals surface area (Å²) in [5, 5.41) is 0. The highest BCUT2D eigenvalue weighted by Crippen LogP contribution is 2.30. The summed E-state index contributed by atoms with van der Waals surface area (Å²) in [6, 6.07) is 4.60. The lowest BCUT2D eigenvalue weighted by Gasteiger charge is -2.13. The third-order valence-corrected chi connectivity index (χ3v) is 3.86. The molecule has 0 saturated heterocycles. The van der Waals surface area contributed by atoms with Crippen LogP contribution in [0.3, 0.4) is 0 Å². The van der Waals surface area contributed by atoms with Gasteiger partial charge in [-0.2, -0.15) is 0 Å². The van der Waals surface area contributed by atoms with E-state index in [4.69, 9.17) is 6.57 Å². The van der Waals surface area contributed by atoms with Crippen molar-refractivity contribution in [3.63, 3.8) is 0 Å². The first kappa shape index (κ1) is 16.8. The zero-order chi connectivity index (χ0) is 14.8. The average Bonchev–Trinajstić information content (AvgIpc) is 2.48. The van der Waals surface area contributed by atoms with E-state index < -0.39 is 0 Å². The fourth-order valence-electron chi connectivity index (χ4n) is 2.62. The summed E-state index contributed by atoms with van der Waals surface area (Å²) in [6.07, 6.45) is 10.5. The summed E-state index contributed by atoms with van der Waals surface area (Å²) in [6.45, 7) is 14.2. The van der Waals surface area contributed by atoms with E-state index in [1.807, 2.05) is 0 Å². The van der Waals surface area contributed by atoms with Crippen molar-refractivity contribution >= 4 is 5.69 Å². The van der Waals surface area contributed by atoms with Crippen LogP contribution < -0.4 is 0 Å². The van der Waals surface area contributed by atoms with Crippen molar-refractivity contribution in [1.29, 1.82) is 0 Å². The first-order chi connectivity index (χ1) is 9.76. The molecule has 0 heterocycles. The molecule has 1 heteroatoms. The summed E-state index contributed by atoms with van der Waals surface area (Å²) in [5.41, 5.74) is 4.98. The number of hydrogen-bond acceptors (Lipinski definition) is 0. The fourth-order valence-corrected chi connectivity index (χ4v) is 2.62. The van der Waals surface area contributed by atoms with Crippen LogP contribution in [0, 0.1) is 6.57 Å². The summed E-state index contributed by atoms with van der Waals surface area (Å²) in [7, 11) is 0. The van der Waals surface area contributed by atoms with Gasteiger partial charge in [-0.3, -0.25) is 0 Å². The molecule has 1 aromatic carbocycles. The van der Waals surface area contributed by atoms with Crippen LogP contribution in [0.2, 0.25) is 0 Å². The Hall–Kier alpha value is -1.29. The van der Waals surface area contributed by atoms with Gasteiger partial charge in [-0.1, -0.05) is 65.0 Å². The molecule has 0 aromatic heterocycles. The lowest BCUT2D eigenvalue weighted by atomic mass is 9.94. The number of rotatable bonds is 9. The summed E-state index contributed by atoms with van der Waals surface area (Å²) in [5.74, 6) is 0. The van der Waals surface area contributed by atoms with Crippen LogP contribution in [0.1, 0.15) is 76.0 Å². The minimum Gasteiger partial charge on any atom is -0.238 e. The second kappa shape index (κ2) is 9.59. The monoisotopic (exact) mass is 271 g/mol. The molecule has 0 saturated carbocycles. The maximum atomic E-state index is 7.53. The van der Waals surface area contributed by atoms with E-state index in [9.17, 15) is 0 Å². The molecule has 0 N–H and O–H groups in total. The highest BCUT2D eigenvalue weighted by Gasteiger charge is 2.10. The topological polar surface area (TPSA) is 4.36 Å². The molecule has 0 radical (unpaired) electrons. The Morgan fingerprint density at radius 2 is 1.25 bits per heavy atom.